The number of carbonyl (C=O) groups is 2. The molecule has 0 fully saturated rings. The number of halogens is 2. The molecule has 0 aliphatic carbocycles. The van der Waals surface area contributed by atoms with Crippen molar-refractivity contribution in [3.63, 3.8) is 0 Å². The lowest BCUT2D eigenvalue weighted by molar-refractivity contribution is -0.126. The number of benzene rings is 2. The Morgan fingerprint density at radius 1 is 0.909 bits per heavy atom. The zero-order valence-electron chi connectivity index (χ0n) is 11.6. The molecule has 2 N–H and O–H groups in total. The molecule has 0 aliphatic rings. The molecule has 6 heteroatoms. The number of carbonyl (C=O) groups excluding carboxylic acids is 2. The number of rotatable bonds is 5. The van der Waals surface area contributed by atoms with Crippen molar-refractivity contribution in [2.45, 2.75) is 13.0 Å². The fourth-order valence-corrected chi connectivity index (χ4v) is 1.77. The van der Waals surface area contributed by atoms with Crippen LogP contribution in [0.1, 0.15) is 12.0 Å². The van der Waals surface area contributed by atoms with Crippen LogP contribution in [0.5, 0.6) is 0 Å². The Balaban J connectivity index is 1.80. The van der Waals surface area contributed by atoms with Crippen LogP contribution < -0.4 is 10.6 Å². The van der Waals surface area contributed by atoms with E-state index in [0.717, 1.165) is 0 Å². The van der Waals surface area contributed by atoms with Gasteiger partial charge in [0.25, 0.3) is 0 Å². The molecule has 2 aromatic rings. The fourth-order valence-electron chi connectivity index (χ4n) is 1.77. The van der Waals surface area contributed by atoms with Gasteiger partial charge in [-0.05, 0) is 29.8 Å². The van der Waals surface area contributed by atoms with Gasteiger partial charge < -0.3 is 10.6 Å². The van der Waals surface area contributed by atoms with Crippen LogP contribution in [0.4, 0.5) is 14.5 Å². The molecule has 0 spiro atoms. The van der Waals surface area contributed by atoms with Gasteiger partial charge in [-0.1, -0.05) is 24.3 Å². The minimum absolute atomic E-state index is 0.0267. The maximum absolute atomic E-state index is 13.3. The van der Waals surface area contributed by atoms with Gasteiger partial charge in [0.1, 0.15) is 18.1 Å². The molecule has 4 nitrogen and oxygen atoms in total. The maximum Gasteiger partial charge on any atom is 0.233 e. The van der Waals surface area contributed by atoms with Crippen LogP contribution in [-0.4, -0.2) is 11.8 Å². The third-order valence-electron chi connectivity index (χ3n) is 2.87. The highest BCUT2D eigenvalue weighted by molar-refractivity contribution is 6.03. The summed E-state index contributed by atoms with van der Waals surface area (Å²) in [6, 6.07) is 11.3. The second kappa shape index (κ2) is 7.31. The number of anilines is 1. The molecule has 0 heterocycles. The SMILES string of the molecule is O=C(CC(=O)Nc1ccccc1F)NCc1ccc(F)cc1. The summed E-state index contributed by atoms with van der Waals surface area (Å²) in [5.41, 5.74) is 0.739. The standard InChI is InChI=1S/C16H14F2N2O2/c17-12-7-5-11(6-8-12)10-19-15(21)9-16(22)20-14-4-2-1-3-13(14)18/h1-8H,9-10H2,(H,19,21)(H,20,22). The molecule has 0 atom stereocenters. The lowest BCUT2D eigenvalue weighted by Crippen LogP contribution is -2.27. The van der Waals surface area contributed by atoms with Crippen LogP contribution in [0.25, 0.3) is 0 Å². The third kappa shape index (κ3) is 4.66. The van der Waals surface area contributed by atoms with Crippen LogP contribution >= 0.6 is 0 Å². The van der Waals surface area contributed by atoms with Gasteiger partial charge in [0.05, 0.1) is 5.69 Å². The molecule has 0 saturated heterocycles. The number of para-hydroxylation sites is 1. The summed E-state index contributed by atoms with van der Waals surface area (Å²) in [5, 5.41) is 4.86. The van der Waals surface area contributed by atoms with Gasteiger partial charge in [-0.3, -0.25) is 9.59 Å². The van der Waals surface area contributed by atoms with E-state index in [-0.39, 0.29) is 18.0 Å². The first-order valence-corrected chi connectivity index (χ1v) is 6.60. The molecule has 0 saturated carbocycles. The second-order valence-corrected chi connectivity index (χ2v) is 4.61. The van der Waals surface area contributed by atoms with E-state index in [9.17, 15) is 18.4 Å². The Hall–Kier alpha value is -2.76. The molecule has 2 rings (SSSR count). The van der Waals surface area contributed by atoms with Crippen molar-refractivity contribution in [3.05, 3.63) is 65.7 Å². The first-order chi connectivity index (χ1) is 10.5. The average molecular weight is 304 g/mol. The van der Waals surface area contributed by atoms with Crippen LogP contribution in [-0.2, 0) is 16.1 Å². The third-order valence-corrected chi connectivity index (χ3v) is 2.87. The van der Waals surface area contributed by atoms with Crippen molar-refractivity contribution in [3.8, 4) is 0 Å². The Kier molecular flexibility index (Phi) is 5.19. The van der Waals surface area contributed by atoms with Crippen LogP contribution in [0, 0.1) is 11.6 Å². The van der Waals surface area contributed by atoms with E-state index in [1.165, 1.54) is 42.5 Å². The Morgan fingerprint density at radius 3 is 2.27 bits per heavy atom. The van der Waals surface area contributed by atoms with Crippen LogP contribution in [0.15, 0.2) is 48.5 Å². The summed E-state index contributed by atoms with van der Waals surface area (Å²) >= 11 is 0. The Bertz CT molecular complexity index is 672. The lowest BCUT2D eigenvalue weighted by Gasteiger charge is -2.07. The van der Waals surface area contributed by atoms with Crippen LogP contribution in [0.2, 0.25) is 0 Å². The molecule has 0 radical (unpaired) electrons. The van der Waals surface area contributed by atoms with E-state index in [1.54, 1.807) is 6.07 Å². The molecule has 0 bridgehead atoms. The quantitative estimate of drug-likeness (QED) is 0.834. The summed E-state index contributed by atoms with van der Waals surface area (Å²) in [7, 11) is 0. The molecular formula is C16H14F2N2O2. The van der Waals surface area contributed by atoms with Crippen molar-refractivity contribution in [1.82, 2.24) is 5.32 Å². The summed E-state index contributed by atoms with van der Waals surface area (Å²) in [6.45, 7) is 0.187. The highest BCUT2D eigenvalue weighted by atomic mass is 19.1. The van der Waals surface area contributed by atoms with E-state index < -0.39 is 24.1 Å². The van der Waals surface area contributed by atoms with Crippen molar-refractivity contribution >= 4 is 17.5 Å². The minimum Gasteiger partial charge on any atom is -0.352 e. The Morgan fingerprint density at radius 2 is 1.59 bits per heavy atom. The maximum atomic E-state index is 13.3. The summed E-state index contributed by atoms with van der Waals surface area (Å²) < 4.78 is 26.1. The van der Waals surface area contributed by atoms with Crippen molar-refractivity contribution in [1.29, 1.82) is 0 Å². The second-order valence-electron chi connectivity index (χ2n) is 4.61. The largest absolute Gasteiger partial charge is 0.352 e. The highest BCUT2D eigenvalue weighted by Gasteiger charge is 2.11. The summed E-state index contributed by atoms with van der Waals surface area (Å²) in [6.07, 6.45) is -0.421. The van der Waals surface area contributed by atoms with Gasteiger partial charge in [0, 0.05) is 6.54 Å². The number of amides is 2. The van der Waals surface area contributed by atoms with Crippen LogP contribution in [0.3, 0.4) is 0 Å². The predicted molar refractivity (Wildman–Crippen MR) is 77.9 cm³/mol. The topological polar surface area (TPSA) is 58.2 Å². The zero-order valence-corrected chi connectivity index (χ0v) is 11.6. The van der Waals surface area contributed by atoms with E-state index in [4.69, 9.17) is 0 Å². The monoisotopic (exact) mass is 304 g/mol. The molecule has 0 aromatic heterocycles. The molecule has 22 heavy (non-hydrogen) atoms. The van der Waals surface area contributed by atoms with Gasteiger partial charge in [0.2, 0.25) is 11.8 Å². The normalized spacial score (nSPS) is 10.1. The Labute approximate surface area is 126 Å². The summed E-state index contributed by atoms with van der Waals surface area (Å²) in [5.74, 6) is -2.04. The van der Waals surface area contributed by atoms with E-state index >= 15 is 0 Å². The number of hydrogen-bond donors (Lipinski definition) is 2. The fraction of sp³-hybridized carbons (Fsp3) is 0.125. The molecule has 0 aliphatic heterocycles. The van der Waals surface area contributed by atoms with E-state index in [0.29, 0.717) is 5.56 Å². The van der Waals surface area contributed by atoms with Gasteiger partial charge in [-0.15, -0.1) is 0 Å². The number of hydrogen-bond acceptors (Lipinski definition) is 2. The lowest BCUT2D eigenvalue weighted by atomic mass is 10.2. The first kappa shape index (κ1) is 15.6. The van der Waals surface area contributed by atoms with Gasteiger partial charge in [-0.25, -0.2) is 8.78 Å². The highest BCUT2D eigenvalue weighted by Crippen LogP contribution is 2.12. The minimum atomic E-state index is -0.610. The van der Waals surface area contributed by atoms with Gasteiger partial charge >= 0.3 is 0 Å². The molecule has 114 valence electrons. The van der Waals surface area contributed by atoms with Crippen molar-refractivity contribution in [2.75, 3.05) is 5.32 Å². The first-order valence-electron chi connectivity index (χ1n) is 6.60. The average Bonchev–Trinajstić information content (AvgIpc) is 2.49. The van der Waals surface area contributed by atoms with Gasteiger partial charge in [-0.2, -0.15) is 0 Å². The van der Waals surface area contributed by atoms with Crippen molar-refractivity contribution in [2.24, 2.45) is 0 Å². The molecular weight excluding hydrogens is 290 g/mol. The van der Waals surface area contributed by atoms with E-state index in [1.807, 2.05) is 0 Å². The molecule has 0 unspecified atom stereocenters. The number of nitrogens with one attached hydrogen (secondary N) is 2. The zero-order chi connectivity index (χ0) is 15.9. The van der Waals surface area contributed by atoms with Crippen molar-refractivity contribution < 1.29 is 18.4 Å². The predicted octanol–water partition coefficient (Wildman–Crippen LogP) is 2.61. The van der Waals surface area contributed by atoms with Gasteiger partial charge in [0.15, 0.2) is 0 Å². The summed E-state index contributed by atoms with van der Waals surface area (Å²) in [4.78, 5) is 23.3. The smallest absolute Gasteiger partial charge is 0.233 e. The van der Waals surface area contributed by atoms with E-state index in [2.05, 4.69) is 10.6 Å². The molecule has 2 amide bonds. The molecule has 2 aromatic carbocycles.